The van der Waals surface area contributed by atoms with Gasteiger partial charge in [0, 0.05) is 36.6 Å². The van der Waals surface area contributed by atoms with E-state index in [0.29, 0.717) is 37.4 Å². The van der Waals surface area contributed by atoms with E-state index in [2.05, 4.69) is 10.2 Å². The number of morpholine rings is 1. The highest BCUT2D eigenvalue weighted by molar-refractivity contribution is 6.52. The Labute approximate surface area is 261 Å². The lowest BCUT2D eigenvalue weighted by atomic mass is 9.85. The molecule has 0 spiro atoms. The van der Waals surface area contributed by atoms with Gasteiger partial charge in [0.2, 0.25) is 11.8 Å². The molecule has 0 aromatic heterocycles. The molecule has 232 valence electrons. The maximum atomic E-state index is 15.0. The van der Waals surface area contributed by atoms with Crippen molar-refractivity contribution in [3.05, 3.63) is 102 Å². The van der Waals surface area contributed by atoms with Crippen molar-refractivity contribution in [3.63, 3.8) is 0 Å². The van der Waals surface area contributed by atoms with E-state index in [4.69, 9.17) is 4.74 Å². The third-order valence-electron chi connectivity index (χ3n) is 8.66. The van der Waals surface area contributed by atoms with Gasteiger partial charge in [-0.25, -0.2) is 4.39 Å². The van der Waals surface area contributed by atoms with Crippen molar-refractivity contribution in [3.8, 4) is 0 Å². The summed E-state index contributed by atoms with van der Waals surface area (Å²) in [6, 6.07) is 19.2. The molecule has 1 fully saturated rings. The molecule has 9 nitrogen and oxygen atoms in total. The Morgan fingerprint density at radius 3 is 2.42 bits per heavy atom. The predicted molar refractivity (Wildman–Crippen MR) is 168 cm³/mol. The zero-order valence-electron chi connectivity index (χ0n) is 24.9. The lowest BCUT2D eigenvalue weighted by molar-refractivity contribution is -0.140. The largest absolute Gasteiger partial charge is 0.378 e. The number of nitrogens with one attached hydrogen (secondary N) is 1. The molecule has 3 aromatic rings. The molecule has 0 unspecified atom stereocenters. The summed E-state index contributed by atoms with van der Waals surface area (Å²) in [6.45, 7) is 2.24. The number of halogens is 1. The number of anilines is 3. The highest BCUT2D eigenvalue weighted by atomic mass is 19.1. The number of carbonyl (C=O) groups excluding carboxylic acids is 4. The number of ether oxygens (including phenoxy) is 1. The van der Waals surface area contributed by atoms with E-state index in [0.717, 1.165) is 30.1 Å². The van der Waals surface area contributed by atoms with E-state index in [1.54, 1.807) is 42.5 Å². The number of carbonyl (C=O) groups is 4. The number of benzene rings is 3. The fourth-order valence-corrected chi connectivity index (χ4v) is 6.29. The van der Waals surface area contributed by atoms with Crippen LogP contribution in [0.25, 0.3) is 0 Å². The molecule has 2 heterocycles. The van der Waals surface area contributed by atoms with Crippen molar-refractivity contribution in [2.24, 2.45) is 5.92 Å². The first-order chi connectivity index (χ1) is 21.9. The van der Waals surface area contributed by atoms with Gasteiger partial charge in [-0.05, 0) is 67.6 Å². The smallest absolute Gasteiger partial charge is 0.299 e. The lowest BCUT2D eigenvalue weighted by Crippen LogP contribution is -2.54. The summed E-state index contributed by atoms with van der Waals surface area (Å²) in [6.07, 6.45) is 5.98. The Morgan fingerprint density at radius 2 is 1.69 bits per heavy atom. The number of amides is 3. The molecule has 10 heteroatoms. The summed E-state index contributed by atoms with van der Waals surface area (Å²) in [4.78, 5) is 58.8. The van der Waals surface area contributed by atoms with Gasteiger partial charge in [-0.15, -0.1) is 0 Å². The van der Waals surface area contributed by atoms with Crippen LogP contribution in [0, 0.1) is 11.7 Å². The number of nitrogens with zero attached hydrogens (tertiary/aromatic N) is 3. The molecule has 45 heavy (non-hydrogen) atoms. The van der Waals surface area contributed by atoms with Gasteiger partial charge in [-0.3, -0.25) is 24.1 Å². The summed E-state index contributed by atoms with van der Waals surface area (Å²) < 4.78 is 20.4. The zero-order chi connectivity index (χ0) is 31.3. The molecule has 0 radical (unpaired) electrons. The first kappa shape index (κ1) is 30.2. The Morgan fingerprint density at radius 1 is 0.956 bits per heavy atom. The van der Waals surface area contributed by atoms with Crippen LogP contribution in [0.4, 0.5) is 21.5 Å². The monoisotopic (exact) mass is 610 g/mol. The molecule has 0 saturated carbocycles. The van der Waals surface area contributed by atoms with Crippen LogP contribution >= 0.6 is 0 Å². The highest BCUT2D eigenvalue weighted by Crippen LogP contribution is 2.31. The van der Waals surface area contributed by atoms with Gasteiger partial charge in [0.1, 0.15) is 18.4 Å². The fourth-order valence-electron chi connectivity index (χ4n) is 6.29. The van der Waals surface area contributed by atoms with Crippen LogP contribution in [0.15, 0.2) is 84.9 Å². The van der Waals surface area contributed by atoms with Crippen molar-refractivity contribution >= 4 is 40.6 Å². The Hall–Kier alpha value is -4.83. The molecule has 2 atom stereocenters. The molecule has 2 aliphatic heterocycles. The number of allylic oxidation sites excluding steroid dienone is 2. The van der Waals surface area contributed by atoms with Crippen LogP contribution in [-0.4, -0.2) is 67.3 Å². The zero-order valence-corrected chi connectivity index (χ0v) is 24.9. The lowest BCUT2D eigenvalue weighted by Gasteiger charge is -2.37. The number of ketones is 1. The molecule has 6 rings (SSSR count). The van der Waals surface area contributed by atoms with Crippen LogP contribution in [0.5, 0.6) is 0 Å². The fraction of sp³-hybridized carbons (Fsp3) is 0.314. The molecule has 3 aliphatic rings. The summed E-state index contributed by atoms with van der Waals surface area (Å²) >= 11 is 0. The van der Waals surface area contributed by atoms with Gasteiger partial charge in [0.15, 0.2) is 0 Å². The van der Waals surface area contributed by atoms with E-state index >= 15 is 4.39 Å². The first-order valence-corrected chi connectivity index (χ1v) is 15.3. The standard InChI is InChI=1S/C35H35FN4O5/c36-29-12-6-4-10-25(29)22-40(31(41)23-39-30-13-7-5-11-28(30)33(42)35(39)44)32(24-8-2-1-3-9-24)34(43)37-26-14-16-27(17-15-26)38-18-20-45-21-19-38/h1-2,4-7,10-17,24,32H,3,8-9,18-23H2,(H,37,43)/t24-,32+/m1/s1. The Balaban J connectivity index is 1.31. The number of rotatable bonds is 9. The molecular formula is C35H35FN4O5. The Bertz CT molecular complexity index is 1620. The quantitative estimate of drug-likeness (QED) is 0.281. The molecule has 1 aliphatic carbocycles. The maximum absolute atomic E-state index is 15.0. The van der Waals surface area contributed by atoms with Gasteiger partial charge in [0.05, 0.1) is 24.5 Å². The van der Waals surface area contributed by atoms with Crippen LogP contribution in [0.2, 0.25) is 0 Å². The van der Waals surface area contributed by atoms with Crippen molar-refractivity contribution in [1.29, 1.82) is 0 Å². The average Bonchev–Trinajstić information content (AvgIpc) is 3.31. The van der Waals surface area contributed by atoms with Gasteiger partial charge in [0.25, 0.3) is 11.7 Å². The SMILES string of the molecule is O=C1C(=O)N(CC(=O)N(Cc2ccccc2F)[C@H](C(=O)Nc2ccc(N3CCOCC3)cc2)[C@@H]2CC=CCC2)c2ccccc21. The number of fused-ring (bicyclic) bond motifs is 1. The van der Waals surface area contributed by atoms with Crippen LogP contribution < -0.4 is 15.1 Å². The summed E-state index contributed by atoms with van der Waals surface area (Å²) in [5, 5.41) is 3.00. The topological polar surface area (TPSA) is 99.3 Å². The second kappa shape index (κ2) is 13.4. The van der Waals surface area contributed by atoms with Crippen molar-refractivity contribution in [1.82, 2.24) is 4.90 Å². The Kier molecular flexibility index (Phi) is 9.02. The first-order valence-electron chi connectivity index (χ1n) is 15.3. The normalized spacial score (nSPS) is 18.5. The third-order valence-corrected chi connectivity index (χ3v) is 8.66. The number of para-hydroxylation sites is 1. The molecule has 1 N–H and O–H groups in total. The maximum Gasteiger partial charge on any atom is 0.299 e. The molecule has 0 bridgehead atoms. The van der Waals surface area contributed by atoms with Gasteiger partial charge in [-0.2, -0.15) is 0 Å². The molecular weight excluding hydrogens is 575 g/mol. The summed E-state index contributed by atoms with van der Waals surface area (Å²) in [7, 11) is 0. The minimum atomic E-state index is -0.968. The number of hydrogen-bond acceptors (Lipinski definition) is 6. The van der Waals surface area contributed by atoms with Crippen LogP contribution in [0.3, 0.4) is 0 Å². The van der Waals surface area contributed by atoms with E-state index in [1.807, 2.05) is 36.4 Å². The van der Waals surface area contributed by atoms with E-state index in [1.165, 1.54) is 11.0 Å². The molecule has 3 amide bonds. The minimum Gasteiger partial charge on any atom is -0.378 e. The molecule has 1 saturated heterocycles. The van der Waals surface area contributed by atoms with E-state index in [9.17, 15) is 19.2 Å². The van der Waals surface area contributed by atoms with Gasteiger partial charge >= 0.3 is 0 Å². The summed E-state index contributed by atoms with van der Waals surface area (Å²) in [5.74, 6) is -3.21. The van der Waals surface area contributed by atoms with Crippen molar-refractivity contribution in [2.45, 2.75) is 31.8 Å². The summed E-state index contributed by atoms with van der Waals surface area (Å²) in [5.41, 5.74) is 2.40. The highest BCUT2D eigenvalue weighted by Gasteiger charge is 2.41. The third kappa shape index (κ3) is 6.51. The minimum absolute atomic E-state index is 0.183. The average molecular weight is 611 g/mol. The van der Waals surface area contributed by atoms with Crippen LogP contribution in [-0.2, 0) is 25.7 Å². The van der Waals surface area contributed by atoms with E-state index in [-0.39, 0.29) is 23.6 Å². The van der Waals surface area contributed by atoms with Crippen molar-refractivity contribution < 1.29 is 28.3 Å². The van der Waals surface area contributed by atoms with Crippen molar-refractivity contribution in [2.75, 3.05) is 48.0 Å². The van der Waals surface area contributed by atoms with Gasteiger partial charge < -0.3 is 19.9 Å². The predicted octanol–water partition coefficient (Wildman–Crippen LogP) is 4.58. The molecule has 3 aromatic carbocycles. The second-order valence-corrected chi connectivity index (χ2v) is 11.5. The van der Waals surface area contributed by atoms with Crippen LogP contribution in [0.1, 0.15) is 35.2 Å². The number of Topliss-reactive ketones (excluding diaryl/α,β-unsaturated/α-hetero) is 1. The van der Waals surface area contributed by atoms with E-state index < -0.39 is 41.9 Å². The van der Waals surface area contributed by atoms with Gasteiger partial charge in [-0.1, -0.05) is 42.5 Å². The second-order valence-electron chi connectivity index (χ2n) is 11.5. The number of hydrogen-bond donors (Lipinski definition) is 1.